The minimum atomic E-state index is 0.103. The molecule has 154 valence electrons. The third-order valence-electron chi connectivity index (χ3n) is 6.15. The van der Waals surface area contributed by atoms with Crippen molar-refractivity contribution in [1.82, 2.24) is 4.90 Å². The molecule has 0 spiro atoms. The molecule has 0 atom stereocenters. The summed E-state index contributed by atoms with van der Waals surface area (Å²) in [5, 5.41) is 4.04. The van der Waals surface area contributed by atoms with Crippen molar-refractivity contribution in [3.63, 3.8) is 0 Å². The summed E-state index contributed by atoms with van der Waals surface area (Å²) in [4.78, 5) is 22.4. The van der Waals surface area contributed by atoms with E-state index in [2.05, 4.69) is 62.5 Å². The Balaban J connectivity index is 1.30. The zero-order valence-electron chi connectivity index (χ0n) is 17.2. The van der Waals surface area contributed by atoms with Gasteiger partial charge in [-0.05, 0) is 24.3 Å². The number of thiophene rings is 1. The molecule has 6 heteroatoms. The molecule has 2 aliphatic rings. The fraction of sp³-hybridized carbons (Fsp3) is 0.292. The number of para-hydroxylation sites is 3. The maximum Gasteiger partial charge on any atom is 0.261 e. The van der Waals surface area contributed by atoms with Crippen LogP contribution in [0.4, 0.5) is 22.7 Å². The summed E-state index contributed by atoms with van der Waals surface area (Å²) in [6.45, 7) is 5.65. The third kappa shape index (κ3) is 3.46. The zero-order chi connectivity index (χ0) is 20.5. The van der Waals surface area contributed by atoms with Gasteiger partial charge in [0.1, 0.15) is 0 Å². The Morgan fingerprint density at radius 3 is 2.27 bits per heavy atom. The standard InChI is InChI=1S/C24H26N4OS/c1-25-21-9-5-6-10-22(21)28(24(29)20-17-30-18-23(20)25)16-13-26-11-14-27(15-12-26)19-7-3-2-4-8-19/h2-10,17-18H,11-16H2,1H3. The van der Waals surface area contributed by atoms with Crippen molar-refractivity contribution in [3.8, 4) is 0 Å². The van der Waals surface area contributed by atoms with E-state index in [-0.39, 0.29) is 5.91 Å². The third-order valence-corrected chi connectivity index (χ3v) is 6.88. The zero-order valence-corrected chi connectivity index (χ0v) is 18.0. The van der Waals surface area contributed by atoms with Crippen LogP contribution in [0.2, 0.25) is 0 Å². The van der Waals surface area contributed by atoms with Gasteiger partial charge in [-0.2, -0.15) is 0 Å². The predicted molar refractivity (Wildman–Crippen MR) is 126 cm³/mol. The highest BCUT2D eigenvalue weighted by molar-refractivity contribution is 7.08. The van der Waals surface area contributed by atoms with E-state index in [9.17, 15) is 4.79 Å². The van der Waals surface area contributed by atoms with Crippen LogP contribution in [0.15, 0.2) is 65.4 Å². The Bertz CT molecular complexity index is 1030. The van der Waals surface area contributed by atoms with Crippen LogP contribution in [0.3, 0.4) is 0 Å². The van der Waals surface area contributed by atoms with Crippen molar-refractivity contribution in [1.29, 1.82) is 0 Å². The number of anilines is 4. The van der Waals surface area contributed by atoms with E-state index < -0.39 is 0 Å². The van der Waals surface area contributed by atoms with Crippen molar-refractivity contribution in [2.45, 2.75) is 0 Å². The Hall–Kier alpha value is -2.83. The molecule has 3 aromatic rings. The smallest absolute Gasteiger partial charge is 0.261 e. The van der Waals surface area contributed by atoms with Gasteiger partial charge in [0.25, 0.3) is 5.91 Å². The number of benzene rings is 2. The van der Waals surface area contributed by atoms with Crippen molar-refractivity contribution in [3.05, 3.63) is 70.9 Å². The fourth-order valence-corrected chi connectivity index (χ4v) is 5.24. The lowest BCUT2D eigenvalue weighted by molar-refractivity contribution is 0.0985. The van der Waals surface area contributed by atoms with Gasteiger partial charge in [-0.15, -0.1) is 11.3 Å². The number of amides is 1. The first kappa shape index (κ1) is 19.2. The first-order chi connectivity index (χ1) is 14.7. The monoisotopic (exact) mass is 418 g/mol. The molecule has 1 fully saturated rings. The first-order valence-electron chi connectivity index (χ1n) is 10.5. The molecule has 30 heavy (non-hydrogen) atoms. The van der Waals surface area contributed by atoms with Crippen LogP contribution in [0.25, 0.3) is 0 Å². The molecule has 1 amide bonds. The van der Waals surface area contributed by atoms with Crippen LogP contribution in [0.1, 0.15) is 10.4 Å². The quantitative estimate of drug-likeness (QED) is 0.632. The van der Waals surface area contributed by atoms with Gasteiger partial charge in [0.2, 0.25) is 0 Å². The molecule has 1 aromatic heterocycles. The van der Waals surface area contributed by atoms with Crippen LogP contribution < -0.4 is 14.7 Å². The molecule has 5 nitrogen and oxygen atoms in total. The van der Waals surface area contributed by atoms with Crippen LogP contribution in [-0.4, -0.2) is 57.1 Å². The second-order valence-corrected chi connectivity index (χ2v) is 8.58. The molecule has 0 aliphatic carbocycles. The number of carbonyl (C=O) groups is 1. The predicted octanol–water partition coefficient (Wildman–Crippen LogP) is 4.30. The molecular weight excluding hydrogens is 392 g/mol. The minimum Gasteiger partial charge on any atom is -0.369 e. The van der Waals surface area contributed by atoms with Gasteiger partial charge in [-0.25, -0.2) is 0 Å². The first-order valence-corrected chi connectivity index (χ1v) is 11.4. The highest BCUT2D eigenvalue weighted by Crippen LogP contribution is 2.40. The summed E-state index contributed by atoms with van der Waals surface area (Å²) in [6.07, 6.45) is 0. The molecule has 2 aliphatic heterocycles. The Morgan fingerprint density at radius 2 is 1.50 bits per heavy atom. The summed E-state index contributed by atoms with van der Waals surface area (Å²) < 4.78 is 0. The maximum absolute atomic E-state index is 13.4. The number of carbonyl (C=O) groups excluding carboxylic acids is 1. The Morgan fingerprint density at radius 1 is 0.800 bits per heavy atom. The number of piperazine rings is 1. The number of hydrogen-bond donors (Lipinski definition) is 0. The highest BCUT2D eigenvalue weighted by atomic mass is 32.1. The van der Waals surface area contributed by atoms with Gasteiger partial charge >= 0.3 is 0 Å². The molecule has 3 heterocycles. The van der Waals surface area contributed by atoms with Crippen LogP contribution in [0, 0.1) is 0 Å². The molecule has 0 N–H and O–H groups in total. The van der Waals surface area contributed by atoms with E-state index in [1.165, 1.54) is 5.69 Å². The summed E-state index contributed by atoms with van der Waals surface area (Å²) in [5.74, 6) is 0.103. The van der Waals surface area contributed by atoms with E-state index >= 15 is 0 Å². The summed E-state index contributed by atoms with van der Waals surface area (Å²) in [5.41, 5.74) is 5.16. The van der Waals surface area contributed by atoms with E-state index in [4.69, 9.17) is 0 Å². The van der Waals surface area contributed by atoms with E-state index in [0.717, 1.165) is 55.3 Å². The molecule has 2 aromatic carbocycles. The van der Waals surface area contributed by atoms with Crippen LogP contribution in [0.5, 0.6) is 0 Å². The van der Waals surface area contributed by atoms with Gasteiger partial charge in [0.15, 0.2) is 0 Å². The second-order valence-electron chi connectivity index (χ2n) is 7.84. The lowest BCUT2D eigenvalue weighted by Gasteiger charge is -2.37. The Kier molecular flexibility index (Phi) is 5.19. The summed E-state index contributed by atoms with van der Waals surface area (Å²) in [7, 11) is 2.05. The lowest BCUT2D eigenvalue weighted by Crippen LogP contribution is -2.49. The molecule has 1 saturated heterocycles. The molecule has 0 radical (unpaired) electrons. The average Bonchev–Trinajstić information content (AvgIpc) is 3.27. The van der Waals surface area contributed by atoms with Crippen LogP contribution in [-0.2, 0) is 0 Å². The van der Waals surface area contributed by atoms with Crippen LogP contribution >= 0.6 is 11.3 Å². The molecule has 0 unspecified atom stereocenters. The second kappa shape index (κ2) is 8.13. The topological polar surface area (TPSA) is 30.0 Å². The number of fused-ring (bicyclic) bond motifs is 2. The SMILES string of the molecule is CN1c2cscc2C(=O)N(CCN2CCN(c3ccccc3)CC2)c2ccccc21. The fourth-order valence-electron chi connectivity index (χ4n) is 4.40. The number of hydrogen-bond acceptors (Lipinski definition) is 5. The lowest BCUT2D eigenvalue weighted by atomic mass is 10.2. The summed E-state index contributed by atoms with van der Waals surface area (Å²) >= 11 is 1.59. The number of nitrogens with zero attached hydrogens (tertiary/aromatic N) is 4. The molecule has 0 bridgehead atoms. The normalized spacial score (nSPS) is 17.0. The van der Waals surface area contributed by atoms with Crippen molar-refractivity contribution < 1.29 is 4.79 Å². The maximum atomic E-state index is 13.4. The van der Waals surface area contributed by atoms with Crippen molar-refractivity contribution in [2.75, 3.05) is 61.0 Å². The minimum absolute atomic E-state index is 0.103. The van der Waals surface area contributed by atoms with Crippen molar-refractivity contribution >= 4 is 40.0 Å². The van der Waals surface area contributed by atoms with Gasteiger partial charge in [-0.1, -0.05) is 30.3 Å². The Labute approximate surface area is 181 Å². The van der Waals surface area contributed by atoms with E-state index in [0.29, 0.717) is 6.54 Å². The van der Waals surface area contributed by atoms with Gasteiger partial charge in [0.05, 0.1) is 22.6 Å². The highest BCUT2D eigenvalue weighted by Gasteiger charge is 2.30. The number of rotatable bonds is 4. The largest absolute Gasteiger partial charge is 0.369 e. The van der Waals surface area contributed by atoms with E-state index in [1.807, 2.05) is 29.5 Å². The molecule has 0 saturated carbocycles. The van der Waals surface area contributed by atoms with Gasteiger partial charge < -0.3 is 14.7 Å². The van der Waals surface area contributed by atoms with Gasteiger partial charge in [0, 0.05) is 62.8 Å². The van der Waals surface area contributed by atoms with Crippen molar-refractivity contribution in [2.24, 2.45) is 0 Å². The van der Waals surface area contributed by atoms with E-state index in [1.54, 1.807) is 11.3 Å². The molecule has 5 rings (SSSR count). The summed E-state index contributed by atoms with van der Waals surface area (Å²) in [6, 6.07) is 18.8. The molecular formula is C24H26N4OS. The van der Waals surface area contributed by atoms with Gasteiger partial charge in [-0.3, -0.25) is 9.69 Å². The average molecular weight is 419 g/mol.